The highest BCUT2D eigenvalue weighted by Crippen LogP contribution is 2.20. The number of nitro benzene ring substituents is 1. The van der Waals surface area contributed by atoms with Crippen molar-refractivity contribution in [3.05, 3.63) is 60.8 Å². The van der Waals surface area contributed by atoms with Gasteiger partial charge in [0.25, 0.3) is 11.2 Å². The number of unbranched alkanes of at least 4 members (excludes halogenated alkanes) is 2. The van der Waals surface area contributed by atoms with Gasteiger partial charge in [-0.3, -0.25) is 29.3 Å². The van der Waals surface area contributed by atoms with E-state index in [1.54, 1.807) is 0 Å². The first kappa shape index (κ1) is 22.9. The van der Waals surface area contributed by atoms with Crippen molar-refractivity contribution in [1.29, 1.82) is 0 Å². The van der Waals surface area contributed by atoms with Gasteiger partial charge in [0.1, 0.15) is 5.82 Å². The topological polar surface area (TPSA) is 144 Å². The number of carbonyl (C=O) groups is 1. The van der Waals surface area contributed by atoms with Crippen LogP contribution in [0.3, 0.4) is 0 Å². The van der Waals surface area contributed by atoms with Gasteiger partial charge in [0.15, 0.2) is 5.69 Å². The van der Waals surface area contributed by atoms with Gasteiger partial charge in [0, 0.05) is 25.2 Å². The average molecular weight is 417 g/mol. The number of anilines is 2. The predicted octanol–water partition coefficient (Wildman–Crippen LogP) is 2.20. The molecule has 162 valence electrons. The number of nitro groups is 1. The van der Waals surface area contributed by atoms with Crippen molar-refractivity contribution in [3.63, 3.8) is 0 Å². The molecule has 10 nitrogen and oxygen atoms in total. The van der Waals surface area contributed by atoms with Crippen LogP contribution in [-0.2, 0) is 17.8 Å². The fraction of sp³-hybridized carbons (Fsp3) is 0.450. The zero-order chi connectivity index (χ0) is 22.3. The molecular formula is C20H27N5O5. The molecule has 0 fully saturated rings. The molecule has 0 radical (unpaired) electrons. The Morgan fingerprint density at radius 1 is 1.17 bits per heavy atom. The first-order chi connectivity index (χ1) is 14.3. The SMILES string of the molecule is CCCCN(C(=O)Cc1ccc([N+](=O)[O-])cc1)c1c(N)n(CCCC)c(=O)[nH]c1=O. The zero-order valence-electron chi connectivity index (χ0n) is 17.2. The van der Waals surface area contributed by atoms with Crippen molar-refractivity contribution in [2.24, 2.45) is 0 Å². The number of benzene rings is 1. The van der Waals surface area contributed by atoms with Gasteiger partial charge < -0.3 is 10.6 Å². The molecule has 0 saturated heterocycles. The summed E-state index contributed by atoms with van der Waals surface area (Å²) in [6, 6.07) is 5.66. The third-order valence-corrected chi connectivity index (χ3v) is 4.76. The third-order valence-electron chi connectivity index (χ3n) is 4.76. The second-order valence-corrected chi connectivity index (χ2v) is 7.00. The third kappa shape index (κ3) is 5.34. The lowest BCUT2D eigenvalue weighted by molar-refractivity contribution is -0.384. The van der Waals surface area contributed by atoms with Crippen LogP contribution in [0.1, 0.15) is 45.1 Å². The number of aromatic nitrogens is 2. The van der Waals surface area contributed by atoms with E-state index in [0.29, 0.717) is 24.9 Å². The number of H-pyrrole nitrogens is 1. The molecule has 1 heterocycles. The summed E-state index contributed by atoms with van der Waals surface area (Å²) < 4.78 is 1.28. The molecule has 2 aromatic rings. The van der Waals surface area contributed by atoms with E-state index >= 15 is 0 Å². The van der Waals surface area contributed by atoms with Crippen LogP contribution in [0.5, 0.6) is 0 Å². The van der Waals surface area contributed by atoms with Gasteiger partial charge in [-0.1, -0.05) is 38.8 Å². The summed E-state index contributed by atoms with van der Waals surface area (Å²) in [5, 5.41) is 10.8. The Labute approximate surface area is 173 Å². The molecule has 2 rings (SSSR count). The quantitative estimate of drug-likeness (QED) is 0.448. The average Bonchev–Trinajstić information content (AvgIpc) is 2.70. The Balaban J connectivity index is 2.41. The number of amides is 1. The van der Waals surface area contributed by atoms with Crippen molar-refractivity contribution in [1.82, 2.24) is 9.55 Å². The number of nitrogens with zero attached hydrogens (tertiary/aromatic N) is 3. The highest BCUT2D eigenvalue weighted by Gasteiger charge is 2.24. The van der Waals surface area contributed by atoms with Crippen LogP contribution >= 0.6 is 0 Å². The van der Waals surface area contributed by atoms with Crippen molar-refractivity contribution >= 4 is 23.1 Å². The lowest BCUT2D eigenvalue weighted by Crippen LogP contribution is -2.42. The lowest BCUT2D eigenvalue weighted by Gasteiger charge is -2.24. The Morgan fingerprint density at radius 2 is 1.80 bits per heavy atom. The summed E-state index contributed by atoms with van der Waals surface area (Å²) in [6.45, 7) is 4.52. The largest absolute Gasteiger partial charge is 0.383 e. The Hall–Kier alpha value is -3.43. The standard InChI is InChI=1S/C20H27N5O5/c1-3-5-11-23(16(26)13-14-7-9-15(10-8-14)25(29)30)17-18(21)24(12-6-4-2)20(28)22-19(17)27/h7-10H,3-6,11-13,21H2,1-2H3,(H,22,27,28). The van der Waals surface area contributed by atoms with Gasteiger partial charge in [0.05, 0.1) is 11.3 Å². The molecule has 10 heteroatoms. The molecule has 0 aliphatic heterocycles. The number of nitrogens with two attached hydrogens (primary N) is 1. The molecule has 0 spiro atoms. The van der Waals surface area contributed by atoms with Crippen molar-refractivity contribution in [2.75, 3.05) is 17.2 Å². The molecule has 1 amide bonds. The van der Waals surface area contributed by atoms with Crippen molar-refractivity contribution in [3.8, 4) is 0 Å². The summed E-state index contributed by atoms with van der Waals surface area (Å²) in [5.41, 5.74) is 5.31. The molecule has 1 aromatic heterocycles. The molecule has 0 unspecified atom stereocenters. The molecular weight excluding hydrogens is 390 g/mol. The Bertz CT molecular complexity index is 1010. The van der Waals surface area contributed by atoms with E-state index in [2.05, 4.69) is 4.98 Å². The van der Waals surface area contributed by atoms with Crippen LogP contribution < -0.4 is 21.9 Å². The highest BCUT2D eigenvalue weighted by molar-refractivity contribution is 5.96. The van der Waals surface area contributed by atoms with Gasteiger partial charge >= 0.3 is 5.69 Å². The number of carbonyl (C=O) groups excluding carboxylic acids is 1. The summed E-state index contributed by atoms with van der Waals surface area (Å²) in [6.07, 6.45) is 2.89. The first-order valence-corrected chi connectivity index (χ1v) is 9.96. The molecule has 0 aliphatic rings. The number of hydrogen-bond acceptors (Lipinski definition) is 6. The van der Waals surface area contributed by atoms with E-state index in [1.165, 1.54) is 33.7 Å². The van der Waals surface area contributed by atoms with Crippen LogP contribution in [0.15, 0.2) is 33.9 Å². The first-order valence-electron chi connectivity index (χ1n) is 9.96. The number of non-ortho nitro benzene ring substituents is 1. The molecule has 0 bridgehead atoms. The number of nitrogens with one attached hydrogen (secondary N) is 1. The minimum Gasteiger partial charge on any atom is -0.383 e. The van der Waals surface area contributed by atoms with E-state index in [-0.39, 0.29) is 36.1 Å². The minimum absolute atomic E-state index is 0.0361. The number of aromatic amines is 1. The van der Waals surface area contributed by atoms with Gasteiger partial charge in [-0.2, -0.15) is 0 Å². The van der Waals surface area contributed by atoms with E-state index in [9.17, 15) is 24.5 Å². The van der Waals surface area contributed by atoms with E-state index in [0.717, 1.165) is 12.8 Å². The number of rotatable bonds is 10. The van der Waals surface area contributed by atoms with Gasteiger partial charge in [0.2, 0.25) is 5.91 Å². The minimum atomic E-state index is -0.710. The lowest BCUT2D eigenvalue weighted by atomic mass is 10.1. The fourth-order valence-electron chi connectivity index (χ4n) is 3.06. The van der Waals surface area contributed by atoms with E-state index in [4.69, 9.17) is 5.73 Å². The Morgan fingerprint density at radius 3 is 2.37 bits per heavy atom. The predicted molar refractivity (Wildman–Crippen MR) is 115 cm³/mol. The Kier molecular flexibility index (Phi) is 7.90. The van der Waals surface area contributed by atoms with Crippen LogP contribution in [0.4, 0.5) is 17.2 Å². The second-order valence-electron chi connectivity index (χ2n) is 7.00. The smallest absolute Gasteiger partial charge is 0.330 e. The number of hydrogen-bond donors (Lipinski definition) is 2. The normalized spacial score (nSPS) is 10.7. The van der Waals surface area contributed by atoms with Crippen LogP contribution in [0.2, 0.25) is 0 Å². The molecule has 30 heavy (non-hydrogen) atoms. The maximum Gasteiger partial charge on any atom is 0.330 e. The summed E-state index contributed by atoms with van der Waals surface area (Å²) in [4.78, 5) is 51.6. The maximum absolute atomic E-state index is 13.0. The maximum atomic E-state index is 13.0. The van der Waals surface area contributed by atoms with E-state index < -0.39 is 16.2 Å². The van der Waals surface area contributed by atoms with Gasteiger partial charge in [-0.05, 0) is 18.4 Å². The van der Waals surface area contributed by atoms with Crippen molar-refractivity contribution in [2.45, 2.75) is 52.5 Å². The molecule has 0 atom stereocenters. The van der Waals surface area contributed by atoms with Crippen LogP contribution in [0.25, 0.3) is 0 Å². The zero-order valence-corrected chi connectivity index (χ0v) is 17.2. The molecule has 0 aliphatic carbocycles. The summed E-state index contributed by atoms with van der Waals surface area (Å²) >= 11 is 0. The van der Waals surface area contributed by atoms with E-state index in [1.807, 2.05) is 13.8 Å². The second kappa shape index (κ2) is 10.4. The highest BCUT2D eigenvalue weighted by atomic mass is 16.6. The van der Waals surface area contributed by atoms with Gasteiger partial charge in [-0.15, -0.1) is 0 Å². The van der Waals surface area contributed by atoms with Crippen molar-refractivity contribution < 1.29 is 9.72 Å². The fourth-order valence-corrected chi connectivity index (χ4v) is 3.06. The van der Waals surface area contributed by atoms with Crippen LogP contribution in [0, 0.1) is 10.1 Å². The number of nitrogen functional groups attached to an aromatic ring is 1. The monoisotopic (exact) mass is 417 g/mol. The molecule has 1 aromatic carbocycles. The summed E-state index contributed by atoms with van der Waals surface area (Å²) in [5.74, 6) is -0.416. The van der Waals surface area contributed by atoms with Crippen LogP contribution in [-0.4, -0.2) is 26.9 Å². The summed E-state index contributed by atoms with van der Waals surface area (Å²) in [7, 11) is 0. The molecule has 0 saturated carbocycles. The molecule has 3 N–H and O–H groups in total. The van der Waals surface area contributed by atoms with Gasteiger partial charge in [-0.25, -0.2) is 4.79 Å².